The fourth-order valence-electron chi connectivity index (χ4n) is 3.96. The van der Waals surface area contributed by atoms with E-state index in [4.69, 9.17) is 4.74 Å². The monoisotopic (exact) mass is 537 g/mol. The van der Waals surface area contributed by atoms with Crippen LogP contribution in [0.1, 0.15) is 16.8 Å². The van der Waals surface area contributed by atoms with E-state index in [1.54, 1.807) is 13.2 Å². The van der Waals surface area contributed by atoms with Crippen molar-refractivity contribution in [3.8, 4) is 28.4 Å². The van der Waals surface area contributed by atoms with E-state index in [2.05, 4.69) is 15.3 Å². The molecule has 37 heavy (non-hydrogen) atoms. The smallest absolute Gasteiger partial charge is 0.256 e. The molecule has 3 aromatic heterocycles. The summed E-state index contributed by atoms with van der Waals surface area (Å²) in [5, 5.41) is 5.08. The van der Waals surface area contributed by atoms with Gasteiger partial charge in [0.05, 0.1) is 30.3 Å². The molecule has 4 aromatic rings. The summed E-state index contributed by atoms with van der Waals surface area (Å²) in [7, 11) is -1.92. The van der Waals surface area contributed by atoms with Crippen LogP contribution in [0.4, 0.5) is 5.13 Å². The summed E-state index contributed by atoms with van der Waals surface area (Å²) in [6, 6.07) is 14.1. The number of amides is 2. The SMILES string of the molecule is COc1cccc(-c2cccc(-c3csc(NC(=O)[C@@H]4CCN4C(=O)c4ccn(S(C)(=O)=O)c4)n3)c2)n1. The maximum atomic E-state index is 12.9. The maximum absolute atomic E-state index is 12.9. The van der Waals surface area contributed by atoms with Gasteiger partial charge in [-0.05, 0) is 24.6 Å². The average molecular weight is 538 g/mol. The first-order chi connectivity index (χ1) is 17.7. The van der Waals surface area contributed by atoms with E-state index in [1.165, 1.54) is 34.7 Å². The van der Waals surface area contributed by atoms with E-state index in [9.17, 15) is 18.0 Å². The van der Waals surface area contributed by atoms with E-state index in [0.29, 0.717) is 29.7 Å². The Kier molecular flexibility index (Phi) is 6.52. The highest BCUT2D eigenvalue weighted by Crippen LogP contribution is 2.30. The second-order valence-electron chi connectivity index (χ2n) is 8.47. The molecule has 0 bridgehead atoms. The molecule has 1 saturated heterocycles. The van der Waals surface area contributed by atoms with Crippen LogP contribution >= 0.6 is 11.3 Å². The quantitative estimate of drug-likeness (QED) is 0.383. The largest absolute Gasteiger partial charge is 0.481 e. The lowest BCUT2D eigenvalue weighted by molar-refractivity contribution is -0.123. The molecule has 190 valence electrons. The third-order valence-corrected chi connectivity index (χ3v) is 7.75. The number of likely N-dealkylation sites (tertiary alicyclic amines) is 1. The number of ether oxygens (including phenoxy) is 1. The number of rotatable bonds is 7. The van der Waals surface area contributed by atoms with E-state index in [1.807, 2.05) is 41.8 Å². The summed E-state index contributed by atoms with van der Waals surface area (Å²) in [5.74, 6) is -0.202. The van der Waals surface area contributed by atoms with E-state index in [0.717, 1.165) is 27.0 Å². The highest BCUT2D eigenvalue weighted by atomic mass is 32.2. The topological polar surface area (TPSA) is 123 Å². The third-order valence-electron chi connectivity index (χ3n) is 6.00. The highest BCUT2D eigenvalue weighted by Gasteiger charge is 2.38. The number of carbonyl (C=O) groups is 2. The number of thiazole rings is 1. The highest BCUT2D eigenvalue weighted by molar-refractivity contribution is 7.89. The fourth-order valence-corrected chi connectivity index (χ4v) is 5.27. The lowest BCUT2D eigenvalue weighted by Gasteiger charge is -2.39. The van der Waals surface area contributed by atoms with E-state index >= 15 is 0 Å². The Bertz CT molecular complexity index is 1590. The van der Waals surface area contributed by atoms with Crippen molar-refractivity contribution in [3.63, 3.8) is 0 Å². The summed E-state index contributed by atoms with van der Waals surface area (Å²) >= 11 is 1.29. The molecule has 1 aromatic carbocycles. The Morgan fingerprint density at radius 2 is 1.84 bits per heavy atom. The van der Waals surface area contributed by atoms with Gasteiger partial charge in [-0.3, -0.25) is 13.6 Å². The lowest BCUT2D eigenvalue weighted by Crippen LogP contribution is -2.56. The van der Waals surface area contributed by atoms with E-state index < -0.39 is 22.0 Å². The van der Waals surface area contributed by atoms with Crippen LogP contribution in [0.3, 0.4) is 0 Å². The summed E-state index contributed by atoms with van der Waals surface area (Å²) in [6.45, 7) is 0.412. The predicted octanol–water partition coefficient (Wildman–Crippen LogP) is 3.34. The summed E-state index contributed by atoms with van der Waals surface area (Å²) in [4.78, 5) is 36.2. The molecule has 1 aliphatic heterocycles. The molecular weight excluding hydrogens is 514 g/mol. The first-order valence-electron chi connectivity index (χ1n) is 11.3. The first kappa shape index (κ1) is 24.7. The Morgan fingerprint density at radius 3 is 2.51 bits per heavy atom. The van der Waals surface area contributed by atoms with Gasteiger partial charge >= 0.3 is 0 Å². The molecule has 1 fully saturated rings. The molecule has 4 heterocycles. The number of anilines is 1. The Hall–Kier alpha value is -4.03. The number of hydrogen-bond donors (Lipinski definition) is 1. The normalized spacial score (nSPS) is 15.2. The number of pyridine rings is 1. The number of hydrogen-bond acceptors (Lipinski definition) is 8. The Labute approximate surface area is 217 Å². The van der Waals surface area contributed by atoms with Gasteiger partial charge < -0.3 is 15.0 Å². The van der Waals surface area contributed by atoms with Gasteiger partial charge in [-0.15, -0.1) is 11.3 Å². The lowest BCUT2D eigenvalue weighted by atomic mass is 10.0. The second kappa shape index (κ2) is 9.79. The predicted molar refractivity (Wildman–Crippen MR) is 140 cm³/mol. The first-order valence-corrected chi connectivity index (χ1v) is 14.0. The van der Waals surface area contributed by atoms with Gasteiger partial charge in [0, 0.05) is 41.5 Å². The van der Waals surface area contributed by atoms with Gasteiger partial charge in [0.1, 0.15) is 6.04 Å². The van der Waals surface area contributed by atoms with Crippen LogP contribution in [0, 0.1) is 0 Å². The van der Waals surface area contributed by atoms with Gasteiger partial charge in [0.15, 0.2) is 5.13 Å². The Balaban J connectivity index is 1.27. The van der Waals surface area contributed by atoms with E-state index in [-0.39, 0.29) is 11.5 Å². The fraction of sp³-hybridized carbons (Fsp3) is 0.200. The van der Waals surface area contributed by atoms with Gasteiger partial charge in [-0.25, -0.2) is 18.4 Å². The molecule has 5 rings (SSSR count). The number of benzene rings is 1. The Morgan fingerprint density at radius 1 is 1.08 bits per heavy atom. The van der Waals surface area contributed by atoms with Crippen molar-refractivity contribution in [3.05, 3.63) is 71.9 Å². The summed E-state index contributed by atoms with van der Waals surface area (Å²) in [6.07, 6.45) is 4.13. The van der Waals surface area contributed by atoms with Crippen LogP contribution in [0.15, 0.2) is 66.3 Å². The average Bonchev–Trinajstić information content (AvgIpc) is 3.54. The molecule has 0 spiro atoms. The van der Waals surface area contributed by atoms with Crippen molar-refractivity contribution in [1.29, 1.82) is 0 Å². The number of aromatic nitrogens is 3. The minimum absolute atomic E-state index is 0.213. The van der Waals surface area contributed by atoms with Gasteiger partial charge in [-0.1, -0.05) is 24.3 Å². The molecule has 12 heteroatoms. The number of nitrogens with zero attached hydrogens (tertiary/aromatic N) is 4. The minimum atomic E-state index is -3.49. The van der Waals surface area contributed by atoms with Crippen LogP contribution in [0.25, 0.3) is 22.5 Å². The van der Waals surface area contributed by atoms with Crippen molar-refractivity contribution in [2.75, 3.05) is 25.2 Å². The molecule has 2 amide bonds. The number of carbonyl (C=O) groups excluding carboxylic acids is 2. The van der Waals surface area contributed by atoms with Crippen molar-refractivity contribution in [2.45, 2.75) is 12.5 Å². The van der Waals surface area contributed by atoms with Gasteiger partial charge in [0.2, 0.25) is 21.8 Å². The number of methoxy groups -OCH3 is 1. The zero-order chi connectivity index (χ0) is 26.2. The van der Waals surface area contributed by atoms with Crippen molar-refractivity contribution < 1.29 is 22.7 Å². The van der Waals surface area contributed by atoms with Crippen LogP contribution in [-0.2, 0) is 14.8 Å². The molecule has 1 N–H and O–H groups in total. The zero-order valence-corrected chi connectivity index (χ0v) is 21.6. The molecule has 1 aliphatic rings. The molecule has 0 saturated carbocycles. The van der Waals surface area contributed by atoms with Crippen LogP contribution in [0.2, 0.25) is 0 Å². The minimum Gasteiger partial charge on any atom is -0.481 e. The second-order valence-corrected chi connectivity index (χ2v) is 11.2. The number of nitrogens with one attached hydrogen (secondary N) is 1. The molecule has 0 aliphatic carbocycles. The van der Waals surface area contributed by atoms with Crippen LogP contribution < -0.4 is 10.1 Å². The van der Waals surface area contributed by atoms with Crippen molar-refractivity contribution in [2.24, 2.45) is 0 Å². The summed E-state index contributed by atoms with van der Waals surface area (Å²) in [5.41, 5.74) is 3.46. The molecule has 0 unspecified atom stereocenters. The molecule has 10 nitrogen and oxygen atoms in total. The molecule has 1 atom stereocenters. The molecular formula is C25H23N5O5S2. The van der Waals surface area contributed by atoms with Gasteiger partial charge in [-0.2, -0.15) is 0 Å². The maximum Gasteiger partial charge on any atom is 0.256 e. The summed E-state index contributed by atoms with van der Waals surface area (Å²) < 4.78 is 29.6. The third kappa shape index (κ3) is 5.11. The van der Waals surface area contributed by atoms with Gasteiger partial charge in [0.25, 0.3) is 5.91 Å². The molecule has 0 radical (unpaired) electrons. The van der Waals surface area contributed by atoms with Crippen LogP contribution in [0.5, 0.6) is 5.88 Å². The zero-order valence-electron chi connectivity index (χ0n) is 20.0. The van der Waals surface area contributed by atoms with Crippen molar-refractivity contribution >= 4 is 38.3 Å². The standard InChI is InChI=1S/C25H23N5O5S2/c1-35-22-8-4-7-19(26-22)16-5-3-6-17(13-16)20-15-36-25(27-20)28-23(31)21-10-12-30(21)24(32)18-9-11-29(14-18)37(2,33)34/h3-9,11,13-15,21H,10,12H2,1-2H3,(H,27,28,31)/t21-/m0/s1. The van der Waals surface area contributed by atoms with Crippen LogP contribution in [-0.4, -0.2) is 65.0 Å². The van der Waals surface area contributed by atoms with Crippen molar-refractivity contribution in [1.82, 2.24) is 18.8 Å².